The lowest BCUT2D eigenvalue weighted by atomic mass is 10.1. The fourth-order valence-electron chi connectivity index (χ4n) is 2.17. The molecule has 2 amide bonds. The number of morpholine rings is 1. The first-order valence-corrected chi connectivity index (χ1v) is 7.08. The highest BCUT2D eigenvalue weighted by molar-refractivity contribution is 5.92. The Kier molecular flexibility index (Phi) is 5.71. The number of carbonyl (C=O) groups is 2. The number of carbonyl (C=O) groups excluding carboxylic acids is 2. The fourth-order valence-corrected chi connectivity index (χ4v) is 2.17. The van der Waals surface area contributed by atoms with Crippen molar-refractivity contribution in [1.82, 2.24) is 10.2 Å². The van der Waals surface area contributed by atoms with Gasteiger partial charge in [0.15, 0.2) is 0 Å². The van der Waals surface area contributed by atoms with Crippen molar-refractivity contribution in [3.05, 3.63) is 29.8 Å². The third-order valence-corrected chi connectivity index (χ3v) is 3.29. The Morgan fingerprint density at radius 1 is 1.19 bits per heavy atom. The number of anilines is 1. The normalized spacial score (nSPS) is 14.8. The van der Waals surface area contributed by atoms with Crippen molar-refractivity contribution < 1.29 is 14.3 Å². The lowest BCUT2D eigenvalue weighted by Gasteiger charge is -2.26. The van der Waals surface area contributed by atoms with Gasteiger partial charge in [-0.1, -0.05) is 12.1 Å². The van der Waals surface area contributed by atoms with Crippen LogP contribution in [0.25, 0.3) is 0 Å². The van der Waals surface area contributed by atoms with Crippen LogP contribution in [-0.2, 0) is 20.7 Å². The predicted molar refractivity (Wildman–Crippen MR) is 80.1 cm³/mol. The topological polar surface area (TPSA) is 70.7 Å². The molecule has 1 aliphatic heterocycles. The van der Waals surface area contributed by atoms with Gasteiger partial charge in [0.1, 0.15) is 0 Å². The maximum atomic E-state index is 12.1. The molecule has 0 radical (unpaired) electrons. The van der Waals surface area contributed by atoms with Gasteiger partial charge in [0.25, 0.3) is 0 Å². The molecule has 1 aromatic carbocycles. The van der Waals surface area contributed by atoms with E-state index in [1.807, 2.05) is 29.2 Å². The molecule has 21 heavy (non-hydrogen) atoms. The summed E-state index contributed by atoms with van der Waals surface area (Å²) in [7, 11) is 1.72. The Hall–Kier alpha value is -1.92. The summed E-state index contributed by atoms with van der Waals surface area (Å²) in [5.74, 6) is 0.0277. The molecular weight excluding hydrogens is 270 g/mol. The van der Waals surface area contributed by atoms with E-state index in [0.29, 0.717) is 32.7 Å². The van der Waals surface area contributed by atoms with Gasteiger partial charge in [0, 0.05) is 18.8 Å². The van der Waals surface area contributed by atoms with Crippen LogP contribution in [0.1, 0.15) is 5.56 Å². The number of hydrogen-bond donors (Lipinski definition) is 2. The Morgan fingerprint density at radius 2 is 1.86 bits per heavy atom. The standard InChI is InChI=1S/C15H21N3O3/c1-16-11-14(19)17-13-4-2-12(3-5-13)10-15(20)18-6-8-21-9-7-18/h2-5,16H,6-11H2,1H3,(H,17,19). The first-order valence-electron chi connectivity index (χ1n) is 7.08. The first-order chi connectivity index (χ1) is 10.2. The van der Waals surface area contributed by atoms with E-state index in [0.717, 1.165) is 11.3 Å². The molecule has 1 saturated heterocycles. The quantitative estimate of drug-likeness (QED) is 0.815. The second kappa shape index (κ2) is 7.75. The number of likely N-dealkylation sites (N-methyl/N-ethyl adjacent to an activating group) is 1. The highest BCUT2D eigenvalue weighted by atomic mass is 16.5. The zero-order valence-electron chi connectivity index (χ0n) is 12.2. The molecule has 0 bridgehead atoms. The Labute approximate surface area is 124 Å². The van der Waals surface area contributed by atoms with Crippen molar-refractivity contribution in [2.24, 2.45) is 0 Å². The van der Waals surface area contributed by atoms with Gasteiger partial charge in [0.2, 0.25) is 11.8 Å². The molecule has 2 N–H and O–H groups in total. The molecule has 6 nitrogen and oxygen atoms in total. The van der Waals surface area contributed by atoms with Crippen LogP contribution >= 0.6 is 0 Å². The largest absolute Gasteiger partial charge is 0.378 e. The third-order valence-electron chi connectivity index (χ3n) is 3.29. The number of rotatable bonds is 5. The molecule has 1 fully saturated rings. The Morgan fingerprint density at radius 3 is 2.48 bits per heavy atom. The summed E-state index contributed by atoms with van der Waals surface area (Å²) in [6.45, 7) is 2.83. The van der Waals surface area contributed by atoms with E-state index < -0.39 is 0 Å². The molecule has 2 rings (SSSR count). The van der Waals surface area contributed by atoms with Crippen LogP contribution in [-0.4, -0.2) is 56.6 Å². The lowest BCUT2D eigenvalue weighted by Crippen LogP contribution is -2.41. The van der Waals surface area contributed by atoms with Crippen molar-refractivity contribution in [1.29, 1.82) is 0 Å². The summed E-state index contributed by atoms with van der Waals surface area (Å²) in [5.41, 5.74) is 1.68. The summed E-state index contributed by atoms with van der Waals surface area (Å²) in [6.07, 6.45) is 0.380. The molecule has 1 aliphatic rings. The van der Waals surface area contributed by atoms with Crippen LogP contribution in [0.3, 0.4) is 0 Å². The number of ether oxygens (including phenoxy) is 1. The minimum absolute atomic E-state index is 0.0883. The van der Waals surface area contributed by atoms with Gasteiger partial charge in [-0.15, -0.1) is 0 Å². The number of amides is 2. The summed E-state index contributed by atoms with van der Waals surface area (Å²) in [5, 5.41) is 5.56. The highest BCUT2D eigenvalue weighted by Crippen LogP contribution is 2.11. The van der Waals surface area contributed by atoms with Crippen molar-refractivity contribution in [2.45, 2.75) is 6.42 Å². The molecule has 114 valence electrons. The third kappa shape index (κ3) is 4.84. The van der Waals surface area contributed by atoms with Gasteiger partial charge in [-0.3, -0.25) is 9.59 Å². The highest BCUT2D eigenvalue weighted by Gasteiger charge is 2.16. The smallest absolute Gasteiger partial charge is 0.238 e. The number of benzene rings is 1. The molecule has 0 saturated carbocycles. The Bertz CT molecular complexity index is 481. The van der Waals surface area contributed by atoms with Gasteiger partial charge in [-0.05, 0) is 24.7 Å². The number of nitrogens with zero attached hydrogens (tertiary/aromatic N) is 1. The minimum Gasteiger partial charge on any atom is -0.378 e. The Balaban J connectivity index is 1.86. The van der Waals surface area contributed by atoms with E-state index in [1.165, 1.54) is 0 Å². The molecule has 0 spiro atoms. The monoisotopic (exact) mass is 291 g/mol. The summed E-state index contributed by atoms with van der Waals surface area (Å²) < 4.78 is 5.23. The molecular formula is C15H21N3O3. The summed E-state index contributed by atoms with van der Waals surface area (Å²) >= 11 is 0. The molecule has 0 aliphatic carbocycles. The average Bonchev–Trinajstić information content (AvgIpc) is 2.50. The summed E-state index contributed by atoms with van der Waals surface area (Å²) in [6, 6.07) is 7.37. The molecule has 6 heteroatoms. The van der Waals surface area contributed by atoms with E-state index >= 15 is 0 Å². The maximum absolute atomic E-state index is 12.1. The van der Waals surface area contributed by atoms with E-state index in [4.69, 9.17) is 4.74 Å². The molecule has 1 aromatic rings. The van der Waals surface area contributed by atoms with Gasteiger partial charge in [-0.2, -0.15) is 0 Å². The minimum atomic E-state index is -0.0883. The van der Waals surface area contributed by atoms with Crippen LogP contribution in [0.2, 0.25) is 0 Å². The van der Waals surface area contributed by atoms with Gasteiger partial charge < -0.3 is 20.3 Å². The van der Waals surface area contributed by atoms with Crippen molar-refractivity contribution in [3.8, 4) is 0 Å². The molecule has 0 unspecified atom stereocenters. The van der Waals surface area contributed by atoms with E-state index in [9.17, 15) is 9.59 Å². The first kappa shape index (κ1) is 15.5. The van der Waals surface area contributed by atoms with Gasteiger partial charge >= 0.3 is 0 Å². The molecule has 0 aromatic heterocycles. The number of hydrogen-bond acceptors (Lipinski definition) is 4. The molecule has 0 atom stereocenters. The van der Waals surface area contributed by atoms with E-state index in [-0.39, 0.29) is 18.4 Å². The number of nitrogens with one attached hydrogen (secondary N) is 2. The maximum Gasteiger partial charge on any atom is 0.238 e. The predicted octanol–water partition coefficient (Wildman–Crippen LogP) is 0.246. The van der Waals surface area contributed by atoms with Crippen molar-refractivity contribution in [2.75, 3.05) is 45.2 Å². The second-order valence-corrected chi connectivity index (χ2v) is 4.95. The van der Waals surface area contributed by atoms with Crippen LogP contribution in [0.4, 0.5) is 5.69 Å². The van der Waals surface area contributed by atoms with Crippen LogP contribution in [0, 0.1) is 0 Å². The van der Waals surface area contributed by atoms with Crippen molar-refractivity contribution in [3.63, 3.8) is 0 Å². The zero-order valence-corrected chi connectivity index (χ0v) is 12.2. The van der Waals surface area contributed by atoms with E-state index in [2.05, 4.69) is 10.6 Å². The van der Waals surface area contributed by atoms with Gasteiger partial charge in [-0.25, -0.2) is 0 Å². The second-order valence-electron chi connectivity index (χ2n) is 4.95. The SMILES string of the molecule is CNCC(=O)Nc1ccc(CC(=O)N2CCOCC2)cc1. The lowest BCUT2D eigenvalue weighted by molar-refractivity contribution is -0.134. The zero-order chi connectivity index (χ0) is 15.1. The summed E-state index contributed by atoms with van der Waals surface area (Å²) in [4.78, 5) is 25.4. The van der Waals surface area contributed by atoms with Gasteiger partial charge in [0.05, 0.1) is 26.2 Å². The van der Waals surface area contributed by atoms with Crippen molar-refractivity contribution >= 4 is 17.5 Å². The van der Waals surface area contributed by atoms with Crippen LogP contribution < -0.4 is 10.6 Å². The van der Waals surface area contributed by atoms with Crippen LogP contribution in [0.5, 0.6) is 0 Å². The molecule has 1 heterocycles. The van der Waals surface area contributed by atoms with Crippen LogP contribution in [0.15, 0.2) is 24.3 Å². The van der Waals surface area contributed by atoms with E-state index in [1.54, 1.807) is 7.05 Å². The fraction of sp³-hybridized carbons (Fsp3) is 0.467. The average molecular weight is 291 g/mol.